The highest BCUT2D eigenvalue weighted by atomic mass is 28.3. The fourth-order valence-electron chi connectivity index (χ4n) is 4.04. The van der Waals surface area contributed by atoms with E-state index in [1.807, 2.05) is 35.0 Å². The minimum Gasteiger partial charge on any atom is -0.486 e. The van der Waals surface area contributed by atoms with E-state index in [1.165, 1.54) is 5.19 Å². The third-order valence-corrected chi connectivity index (χ3v) is 7.69. The Morgan fingerprint density at radius 3 is 2.70 bits per heavy atom. The second-order valence-corrected chi connectivity index (χ2v) is 14.0. The molecule has 7 nitrogen and oxygen atoms in total. The molecule has 0 saturated carbocycles. The van der Waals surface area contributed by atoms with Crippen LogP contribution in [0.3, 0.4) is 0 Å². The summed E-state index contributed by atoms with van der Waals surface area (Å²) in [6, 6.07) is 12.1. The Morgan fingerprint density at radius 2 is 1.91 bits per heavy atom. The van der Waals surface area contributed by atoms with Gasteiger partial charge in [0.1, 0.15) is 25.4 Å². The normalized spacial score (nSPS) is 13.0. The number of aromatic nitrogens is 4. The molecule has 8 heteroatoms. The van der Waals surface area contributed by atoms with Crippen molar-refractivity contribution in [2.24, 2.45) is 0 Å². The summed E-state index contributed by atoms with van der Waals surface area (Å²) in [5.41, 5.74) is 3.52. The van der Waals surface area contributed by atoms with Gasteiger partial charge in [-0.3, -0.25) is 0 Å². The lowest BCUT2D eigenvalue weighted by molar-refractivity contribution is 0.171. The summed E-state index contributed by atoms with van der Waals surface area (Å²) in [5, 5.41) is 10.1. The molecule has 0 radical (unpaired) electrons. The number of hydrogen-bond acceptors (Lipinski definition) is 6. The van der Waals surface area contributed by atoms with E-state index < -0.39 is 8.07 Å². The molecule has 0 spiro atoms. The lowest BCUT2D eigenvalue weighted by Crippen LogP contribution is -2.40. The Morgan fingerprint density at radius 1 is 1.09 bits per heavy atom. The first kappa shape index (κ1) is 21.0. The topological polar surface area (TPSA) is 74.1 Å². The zero-order chi connectivity index (χ0) is 23.0. The van der Waals surface area contributed by atoms with E-state index in [0.29, 0.717) is 31.2 Å². The average molecular weight is 456 g/mol. The Labute approximate surface area is 193 Å². The number of nitrogens with zero attached hydrogens (tertiary/aromatic N) is 4. The Kier molecular flexibility index (Phi) is 5.27. The highest BCUT2D eigenvalue weighted by molar-refractivity contribution is 6.89. The first-order valence-corrected chi connectivity index (χ1v) is 14.4. The van der Waals surface area contributed by atoms with Crippen LogP contribution in [0.5, 0.6) is 11.5 Å². The zero-order valence-corrected chi connectivity index (χ0v) is 19.9. The summed E-state index contributed by atoms with van der Waals surface area (Å²) in [5.74, 6) is 5.16. The molecule has 1 aliphatic heterocycles. The summed E-state index contributed by atoms with van der Waals surface area (Å²) in [7, 11) is -1.63. The lowest BCUT2D eigenvalue weighted by Gasteiger charge is -2.20. The number of anilines is 1. The van der Waals surface area contributed by atoms with Gasteiger partial charge in [-0.15, -0.1) is 6.42 Å². The van der Waals surface area contributed by atoms with Crippen molar-refractivity contribution in [2.45, 2.75) is 26.2 Å². The molecular weight excluding hydrogens is 430 g/mol. The monoisotopic (exact) mass is 455 g/mol. The second kappa shape index (κ2) is 8.26. The van der Waals surface area contributed by atoms with Crippen LogP contribution < -0.4 is 20.0 Å². The molecule has 0 bridgehead atoms. The predicted octanol–water partition coefficient (Wildman–Crippen LogP) is 3.73. The first-order chi connectivity index (χ1) is 16.0. The molecule has 1 aliphatic rings. The van der Waals surface area contributed by atoms with E-state index in [1.54, 1.807) is 12.5 Å². The van der Waals surface area contributed by atoms with Gasteiger partial charge in [0.15, 0.2) is 17.1 Å². The smallest absolute Gasteiger partial charge is 0.168 e. The zero-order valence-electron chi connectivity index (χ0n) is 18.9. The molecule has 2 aromatic carbocycles. The molecule has 166 valence electrons. The van der Waals surface area contributed by atoms with E-state index in [4.69, 9.17) is 15.9 Å². The van der Waals surface area contributed by atoms with Gasteiger partial charge in [-0.25, -0.2) is 14.6 Å². The maximum atomic E-state index is 5.96. The fraction of sp³-hybridized carbons (Fsp3) is 0.240. The standard InChI is InChI=1S/C25H25N5O2Si/c1-5-18-20(7-6-8-23(18)33(2,3)4)30-25-19(15-29-30)24(27-16-28-25)26-14-17-9-10-21-22(13-17)32-12-11-31-21/h1,6-10,13,15-16H,11-12,14H2,2-4H3,(H,26,27,28). The van der Waals surface area contributed by atoms with Crippen LogP contribution in [0.4, 0.5) is 5.82 Å². The van der Waals surface area contributed by atoms with Gasteiger partial charge in [0, 0.05) is 12.1 Å². The van der Waals surface area contributed by atoms with Crippen molar-refractivity contribution in [2.75, 3.05) is 18.5 Å². The number of rotatable bonds is 5. The van der Waals surface area contributed by atoms with Crippen LogP contribution in [-0.4, -0.2) is 41.0 Å². The first-order valence-electron chi connectivity index (χ1n) is 10.9. The van der Waals surface area contributed by atoms with Gasteiger partial charge in [0.05, 0.1) is 25.3 Å². The van der Waals surface area contributed by atoms with E-state index >= 15 is 0 Å². The van der Waals surface area contributed by atoms with E-state index in [2.05, 4.69) is 52.0 Å². The largest absolute Gasteiger partial charge is 0.486 e. The number of nitrogens with one attached hydrogen (secondary N) is 1. The van der Waals surface area contributed by atoms with Crippen molar-refractivity contribution in [1.82, 2.24) is 19.7 Å². The minimum absolute atomic E-state index is 0.564. The summed E-state index contributed by atoms with van der Waals surface area (Å²) >= 11 is 0. The molecule has 4 aromatic rings. The van der Waals surface area contributed by atoms with Crippen LogP contribution in [0, 0.1) is 12.3 Å². The molecule has 2 aromatic heterocycles. The van der Waals surface area contributed by atoms with Crippen LogP contribution in [0.2, 0.25) is 19.6 Å². The molecule has 0 unspecified atom stereocenters. The lowest BCUT2D eigenvalue weighted by atomic mass is 10.2. The average Bonchev–Trinajstić information content (AvgIpc) is 3.26. The van der Waals surface area contributed by atoms with Crippen molar-refractivity contribution in [3.63, 3.8) is 0 Å². The summed E-state index contributed by atoms with van der Waals surface area (Å²) in [6.45, 7) is 8.58. The van der Waals surface area contributed by atoms with Crippen LogP contribution in [0.25, 0.3) is 16.7 Å². The summed E-state index contributed by atoms with van der Waals surface area (Å²) < 4.78 is 13.1. The van der Waals surface area contributed by atoms with Gasteiger partial charge < -0.3 is 14.8 Å². The molecule has 5 rings (SSSR count). The second-order valence-electron chi connectivity index (χ2n) is 8.94. The van der Waals surface area contributed by atoms with E-state index in [0.717, 1.165) is 33.7 Å². The molecule has 3 heterocycles. The number of terminal acetylenes is 1. The van der Waals surface area contributed by atoms with Crippen molar-refractivity contribution in [3.05, 3.63) is 60.0 Å². The molecular formula is C25H25N5O2Si. The predicted molar refractivity (Wildman–Crippen MR) is 132 cm³/mol. The third kappa shape index (κ3) is 3.92. The fourth-order valence-corrected chi connectivity index (χ4v) is 5.58. The number of fused-ring (bicyclic) bond motifs is 2. The van der Waals surface area contributed by atoms with Crippen LogP contribution >= 0.6 is 0 Å². The quantitative estimate of drug-likeness (QED) is 0.365. The van der Waals surface area contributed by atoms with Crippen LogP contribution in [0.1, 0.15) is 11.1 Å². The number of benzene rings is 2. The van der Waals surface area contributed by atoms with Crippen molar-refractivity contribution >= 4 is 30.1 Å². The van der Waals surface area contributed by atoms with Gasteiger partial charge in [0.25, 0.3) is 0 Å². The maximum Gasteiger partial charge on any atom is 0.168 e. The highest BCUT2D eigenvalue weighted by Crippen LogP contribution is 2.31. The molecule has 0 aliphatic carbocycles. The number of ether oxygens (including phenoxy) is 2. The molecule has 0 saturated heterocycles. The van der Waals surface area contributed by atoms with Crippen LogP contribution in [0.15, 0.2) is 48.9 Å². The molecule has 33 heavy (non-hydrogen) atoms. The Balaban J connectivity index is 1.48. The highest BCUT2D eigenvalue weighted by Gasteiger charge is 2.23. The molecule has 0 fully saturated rings. The third-order valence-electron chi connectivity index (χ3n) is 5.66. The van der Waals surface area contributed by atoms with Gasteiger partial charge in [0.2, 0.25) is 0 Å². The van der Waals surface area contributed by atoms with E-state index in [9.17, 15) is 0 Å². The minimum atomic E-state index is -1.63. The number of hydrogen-bond donors (Lipinski definition) is 1. The molecule has 1 N–H and O–H groups in total. The van der Waals surface area contributed by atoms with Crippen LogP contribution in [-0.2, 0) is 6.54 Å². The SMILES string of the molecule is C#Cc1c(-n2ncc3c(NCc4ccc5c(c4)OCCO5)ncnc32)cccc1[Si](C)(C)C. The van der Waals surface area contributed by atoms with Gasteiger partial charge in [-0.2, -0.15) is 5.10 Å². The summed E-state index contributed by atoms with van der Waals surface area (Å²) in [4.78, 5) is 8.96. The maximum absolute atomic E-state index is 5.96. The van der Waals surface area contributed by atoms with Gasteiger partial charge in [-0.05, 0) is 28.9 Å². The Hall–Kier alpha value is -3.83. The van der Waals surface area contributed by atoms with Crippen molar-refractivity contribution in [1.29, 1.82) is 0 Å². The Bertz CT molecular complexity index is 1380. The molecule has 0 atom stereocenters. The van der Waals surface area contributed by atoms with Gasteiger partial charge >= 0.3 is 0 Å². The van der Waals surface area contributed by atoms with Crippen molar-refractivity contribution < 1.29 is 9.47 Å². The van der Waals surface area contributed by atoms with E-state index in [-0.39, 0.29) is 0 Å². The summed E-state index contributed by atoms with van der Waals surface area (Å²) in [6.07, 6.45) is 9.28. The van der Waals surface area contributed by atoms with Crippen molar-refractivity contribution in [3.8, 4) is 29.5 Å². The van der Waals surface area contributed by atoms with Gasteiger partial charge in [-0.1, -0.05) is 43.8 Å². The molecule has 0 amide bonds.